The second-order valence-electron chi connectivity index (χ2n) is 6.27. The molecule has 0 fully saturated rings. The van der Waals surface area contributed by atoms with Gasteiger partial charge in [-0.2, -0.15) is 0 Å². The van der Waals surface area contributed by atoms with Crippen LogP contribution in [0.2, 0.25) is 0 Å². The summed E-state index contributed by atoms with van der Waals surface area (Å²) >= 11 is 0. The van der Waals surface area contributed by atoms with E-state index in [1.165, 1.54) is 11.8 Å². The molecule has 0 saturated heterocycles. The van der Waals surface area contributed by atoms with E-state index in [9.17, 15) is 14.7 Å². The Hall–Kier alpha value is -2.86. The first-order valence-corrected chi connectivity index (χ1v) is 8.95. The molecule has 0 radical (unpaired) electrons. The van der Waals surface area contributed by atoms with Crippen LogP contribution in [0.4, 0.5) is 10.5 Å². The Morgan fingerprint density at radius 1 is 1.19 bits per heavy atom. The van der Waals surface area contributed by atoms with E-state index < -0.39 is 6.10 Å². The molecule has 1 atom stereocenters. The summed E-state index contributed by atoms with van der Waals surface area (Å²) in [6.45, 7) is 4.14. The number of carbonyl (C=O) groups excluding carboxylic acids is 2. The standard InChI is InChI=1S/C21H26N2O4/c1-4-27-20-11-10-17(15(2)24)14-18(20)22-21(26)23(3)13-12-19(25)16-8-6-5-7-9-16/h5-11,14,19,25H,4,12-13H2,1-3H3,(H,22,26). The van der Waals surface area contributed by atoms with Crippen molar-refractivity contribution in [2.75, 3.05) is 25.5 Å². The first-order chi connectivity index (χ1) is 12.9. The van der Waals surface area contributed by atoms with Gasteiger partial charge in [0.1, 0.15) is 5.75 Å². The third-order valence-electron chi connectivity index (χ3n) is 4.20. The van der Waals surface area contributed by atoms with E-state index in [1.807, 2.05) is 37.3 Å². The second-order valence-corrected chi connectivity index (χ2v) is 6.27. The van der Waals surface area contributed by atoms with Crippen molar-refractivity contribution in [3.63, 3.8) is 0 Å². The Morgan fingerprint density at radius 3 is 2.52 bits per heavy atom. The van der Waals surface area contributed by atoms with E-state index in [4.69, 9.17) is 4.74 Å². The summed E-state index contributed by atoms with van der Waals surface area (Å²) in [6, 6.07) is 13.9. The number of ketones is 1. The topological polar surface area (TPSA) is 78.9 Å². The summed E-state index contributed by atoms with van der Waals surface area (Å²) in [5.74, 6) is 0.418. The highest BCUT2D eigenvalue weighted by Gasteiger charge is 2.15. The number of nitrogens with one attached hydrogen (secondary N) is 1. The first-order valence-electron chi connectivity index (χ1n) is 8.95. The van der Waals surface area contributed by atoms with Gasteiger partial charge in [0.05, 0.1) is 18.4 Å². The molecule has 27 heavy (non-hydrogen) atoms. The van der Waals surface area contributed by atoms with E-state index in [1.54, 1.807) is 25.2 Å². The van der Waals surface area contributed by atoms with Gasteiger partial charge in [-0.1, -0.05) is 30.3 Å². The number of aliphatic hydroxyl groups is 1. The Labute approximate surface area is 159 Å². The monoisotopic (exact) mass is 370 g/mol. The number of ether oxygens (including phenoxy) is 1. The number of rotatable bonds is 8. The number of benzene rings is 2. The average Bonchev–Trinajstić information content (AvgIpc) is 2.67. The predicted octanol–water partition coefficient (Wildman–Crippen LogP) is 3.88. The van der Waals surface area contributed by atoms with Gasteiger partial charge in [-0.05, 0) is 44.0 Å². The Balaban J connectivity index is 2.00. The lowest BCUT2D eigenvalue weighted by atomic mass is 10.1. The zero-order chi connectivity index (χ0) is 19.8. The molecule has 6 nitrogen and oxygen atoms in total. The largest absolute Gasteiger partial charge is 0.492 e. The van der Waals surface area contributed by atoms with Crippen LogP contribution in [0.25, 0.3) is 0 Å². The van der Waals surface area contributed by atoms with Crippen LogP contribution in [0.3, 0.4) is 0 Å². The first kappa shape index (κ1) is 20.5. The smallest absolute Gasteiger partial charge is 0.321 e. The summed E-state index contributed by atoms with van der Waals surface area (Å²) in [5, 5.41) is 13.0. The molecule has 2 rings (SSSR count). The van der Waals surface area contributed by atoms with Gasteiger partial charge in [0.2, 0.25) is 0 Å². The Morgan fingerprint density at radius 2 is 1.89 bits per heavy atom. The van der Waals surface area contributed by atoms with E-state index in [0.717, 1.165) is 5.56 Å². The van der Waals surface area contributed by atoms with Crippen molar-refractivity contribution < 1.29 is 19.4 Å². The number of carbonyl (C=O) groups is 2. The summed E-state index contributed by atoms with van der Waals surface area (Å²) < 4.78 is 5.52. The number of hydrogen-bond donors (Lipinski definition) is 2. The molecule has 6 heteroatoms. The van der Waals surface area contributed by atoms with E-state index in [-0.39, 0.29) is 11.8 Å². The normalized spacial score (nSPS) is 11.6. The quantitative estimate of drug-likeness (QED) is 0.691. The number of anilines is 1. The third-order valence-corrected chi connectivity index (χ3v) is 4.20. The van der Waals surface area contributed by atoms with Gasteiger partial charge in [-0.15, -0.1) is 0 Å². The van der Waals surface area contributed by atoms with Gasteiger partial charge in [0.25, 0.3) is 0 Å². The maximum Gasteiger partial charge on any atom is 0.321 e. The summed E-state index contributed by atoms with van der Waals surface area (Å²) in [6.07, 6.45) is -0.221. The molecule has 0 saturated carbocycles. The van der Waals surface area contributed by atoms with Crippen molar-refractivity contribution in [1.82, 2.24) is 4.90 Å². The summed E-state index contributed by atoms with van der Waals surface area (Å²) in [4.78, 5) is 25.6. The zero-order valence-corrected chi connectivity index (χ0v) is 15.9. The van der Waals surface area contributed by atoms with Gasteiger partial charge in [-0.3, -0.25) is 4.79 Å². The number of nitrogens with zero attached hydrogens (tertiary/aromatic N) is 1. The maximum atomic E-state index is 12.5. The molecule has 0 aliphatic heterocycles. The lowest BCUT2D eigenvalue weighted by Gasteiger charge is -2.21. The van der Waals surface area contributed by atoms with Crippen molar-refractivity contribution in [2.24, 2.45) is 0 Å². The van der Waals surface area contributed by atoms with Crippen LogP contribution in [0.1, 0.15) is 42.3 Å². The van der Waals surface area contributed by atoms with Crippen molar-refractivity contribution in [1.29, 1.82) is 0 Å². The number of aliphatic hydroxyl groups excluding tert-OH is 1. The molecule has 0 aromatic heterocycles. The number of hydrogen-bond acceptors (Lipinski definition) is 4. The fourth-order valence-corrected chi connectivity index (χ4v) is 2.60. The van der Waals surface area contributed by atoms with Crippen LogP contribution in [0.5, 0.6) is 5.75 Å². The molecule has 2 N–H and O–H groups in total. The van der Waals surface area contributed by atoms with Crippen LogP contribution in [-0.2, 0) is 0 Å². The molecule has 144 valence electrons. The van der Waals surface area contributed by atoms with Crippen LogP contribution >= 0.6 is 0 Å². The lowest BCUT2D eigenvalue weighted by molar-refractivity contribution is 0.101. The molecule has 0 aliphatic rings. The van der Waals surface area contributed by atoms with Crippen LogP contribution in [0.15, 0.2) is 48.5 Å². The van der Waals surface area contributed by atoms with E-state index in [0.29, 0.717) is 36.6 Å². The van der Waals surface area contributed by atoms with Crippen LogP contribution in [0, 0.1) is 0 Å². The molecule has 2 aromatic rings. The lowest BCUT2D eigenvalue weighted by Crippen LogP contribution is -2.33. The fourth-order valence-electron chi connectivity index (χ4n) is 2.60. The predicted molar refractivity (Wildman–Crippen MR) is 105 cm³/mol. The van der Waals surface area contributed by atoms with Crippen LogP contribution < -0.4 is 10.1 Å². The van der Waals surface area contributed by atoms with Gasteiger partial charge in [-0.25, -0.2) is 4.79 Å². The van der Waals surface area contributed by atoms with Gasteiger partial charge >= 0.3 is 6.03 Å². The Kier molecular flexibility index (Phi) is 7.37. The number of amides is 2. The highest BCUT2D eigenvalue weighted by molar-refractivity contribution is 5.97. The molecule has 2 amide bonds. The van der Waals surface area contributed by atoms with Crippen molar-refractivity contribution in [3.05, 3.63) is 59.7 Å². The summed E-state index contributed by atoms with van der Waals surface area (Å²) in [7, 11) is 1.65. The van der Waals surface area contributed by atoms with Gasteiger partial charge < -0.3 is 20.1 Å². The second kappa shape index (κ2) is 9.73. The molecule has 0 heterocycles. The van der Waals surface area contributed by atoms with Crippen molar-refractivity contribution in [3.8, 4) is 5.75 Å². The maximum absolute atomic E-state index is 12.5. The molecule has 2 aromatic carbocycles. The van der Waals surface area contributed by atoms with Gasteiger partial charge in [0, 0.05) is 19.2 Å². The molecule has 0 aliphatic carbocycles. The molecular formula is C21H26N2O4. The van der Waals surface area contributed by atoms with E-state index in [2.05, 4.69) is 5.32 Å². The van der Waals surface area contributed by atoms with Gasteiger partial charge in [0.15, 0.2) is 5.78 Å². The van der Waals surface area contributed by atoms with Crippen molar-refractivity contribution in [2.45, 2.75) is 26.4 Å². The molecule has 0 bridgehead atoms. The van der Waals surface area contributed by atoms with Crippen molar-refractivity contribution >= 4 is 17.5 Å². The highest BCUT2D eigenvalue weighted by atomic mass is 16.5. The minimum absolute atomic E-state index is 0.0899. The molecule has 0 spiro atoms. The minimum atomic E-state index is -0.638. The number of Topliss-reactive ketones (excluding diaryl/α,β-unsaturated/α-hetero) is 1. The average molecular weight is 370 g/mol. The summed E-state index contributed by atoms with van der Waals surface area (Å²) in [5.41, 5.74) is 1.76. The van der Waals surface area contributed by atoms with Crippen LogP contribution in [-0.4, -0.2) is 42.0 Å². The Bertz CT molecular complexity index is 777. The highest BCUT2D eigenvalue weighted by Crippen LogP contribution is 2.26. The molecular weight excluding hydrogens is 344 g/mol. The fraction of sp³-hybridized carbons (Fsp3) is 0.333. The SMILES string of the molecule is CCOc1ccc(C(C)=O)cc1NC(=O)N(C)CCC(O)c1ccccc1. The third kappa shape index (κ3) is 5.82. The minimum Gasteiger partial charge on any atom is -0.492 e. The zero-order valence-electron chi connectivity index (χ0n) is 15.9. The number of urea groups is 1. The van der Waals surface area contributed by atoms with E-state index >= 15 is 0 Å². The molecule has 1 unspecified atom stereocenters.